The van der Waals surface area contributed by atoms with Gasteiger partial charge in [-0.05, 0) is 67.9 Å². The molecule has 1 spiro atoms. The molecule has 0 N–H and O–H groups in total. The van der Waals surface area contributed by atoms with Gasteiger partial charge in [-0.3, -0.25) is 0 Å². The lowest BCUT2D eigenvalue weighted by Gasteiger charge is -2.60. The number of fused-ring (bicyclic) bond motifs is 2. The summed E-state index contributed by atoms with van der Waals surface area (Å²) in [5, 5.41) is 0. The van der Waals surface area contributed by atoms with Gasteiger partial charge in [0.05, 0.1) is 11.5 Å². The fourth-order valence-corrected chi connectivity index (χ4v) is 7.50. The van der Waals surface area contributed by atoms with E-state index in [0.717, 1.165) is 34.6 Å². The van der Waals surface area contributed by atoms with Gasteiger partial charge >= 0.3 is 0 Å². The van der Waals surface area contributed by atoms with Gasteiger partial charge in [0, 0.05) is 29.6 Å². The number of halogens is 1. The maximum atomic E-state index is 13.2. The third kappa shape index (κ3) is 4.22. The highest BCUT2D eigenvalue weighted by Gasteiger charge is 2.69. The van der Waals surface area contributed by atoms with Crippen molar-refractivity contribution in [3.8, 4) is 22.3 Å². The zero-order valence-corrected chi connectivity index (χ0v) is 21.8. The maximum absolute atomic E-state index is 13.2. The minimum Gasteiger partial charge on any atom is -0.351 e. The van der Waals surface area contributed by atoms with Crippen LogP contribution in [0.3, 0.4) is 0 Å². The molecule has 0 unspecified atom stereocenters. The van der Waals surface area contributed by atoms with Crippen LogP contribution in [0.15, 0.2) is 36.4 Å². The zero-order valence-electron chi connectivity index (χ0n) is 21.0. The van der Waals surface area contributed by atoms with Gasteiger partial charge in [-0.2, -0.15) is 0 Å². The predicted octanol–water partition coefficient (Wildman–Crippen LogP) is 6.52. The van der Waals surface area contributed by atoms with Crippen molar-refractivity contribution in [1.29, 1.82) is 0 Å². The Labute approximate surface area is 216 Å². The van der Waals surface area contributed by atoms with Crippen LogP contribution in [0.2, 0.25) is 0 Å². The van der Waals surface area contributed by atoms with Gasteiger partial charge in [-0.15, -0.1) is 11.3 Å². The van der Waals surface area contributed by atoms with Crippen molar-refractivity contribution in [2.45, 2.75) is 76.8 Å². The number of hydrogen-bond acceptors (Lipinski definition) is 6. The molecule has 5 aliphatic rings. The van der Waals surface area contributed by atoms with Crippen LogP contribution >= 0.6 is 11.3 Å². The van der Waals surface area contributed by atoms with E-state index in [4.69, 9.17) is 24.0 Å². The Balaban J connectivity index is 1.09. The summed E-state index contributed by atoms with van der Waals surface area (Å²) >= 11 is 1.60. The first-order valence-corrected chi connectivity index (χ1v) is 13.9. The van der Waals surface area contributed by atoms with E-state index in [1.165, 1.54) is 18.6 Å². The highest BCUT2D eigenvalue weighted by molar-refractivity contribution is 7.16. The van der Waals surface area contributed by atoms with Crippen LogP contribution in [0.5, 0.6) is 0 Å². The normalized spacial score (nSPS) is 39.1. The van der Waals surface area contributed by atoms with Crippen LogP contribution in [-0.4, -0.2) is 30.6 Å². The molecule has 36 heavy (non-hydrogen) atoms. The van der Waals surface area contributed by atoms with Crippen molar-refractivity contribution >= 4 is 11.3 Å². The molecular formula is C29H33FO5S. The Bertz CT molecular complexity index is 1150. The molecule has 5 heterocycles. The Hall–Kier alpha value is -1.79. The third-order valence-electron chi connectivity index (χ3n) is 8.55. The summed E-state index contributed by atoms with van der Waals surface area (Å²) in [6.45, 7) is 6.94. The fourth-order valence-electron chi connectivity index (χ4n) is 6.61. The van der Waals surface area contributed by atoms with Crippen LogP contribution in [0, 0.1) is 41.3 Å². The fraction of sp³-hybridized carbons (Fsp3) is 0.586. The van der Waals surface area contributed by atoms with Crippen LogP contribution in [0.4, 0.5) is 4.39 Å². The van der Waals surface area contributed by atoms with E-state index >= 15 is 0 Å². The van der Waals surface area contributed by atoms with Crippen molar-refractivity contribution in [2.75, 3.05) is 6.61 Å². The van der Waals surface area contributed by atoms with Gasteiger partial charge in [0.2, 0.25) is 5.79 Å². The molecule has 5 fully saturated rings. The van der Waals surface area contributed by atoms with Gasteiger partial charge in [-0.25, -0.2) is 14.2 Å². The van der Waals surface area contributed by atoms with Crippen molar-refractivity contribution in [3.63, 3.8) is 0 Å². The van der Waals surface area contributed by atoms with Crippen LogP contribution in [0.25, 0.3) is 10.4 Å². The predicted molar refractivity (Wildman–Crippen MR) is 134 cm³/mol. The summed E-state index contributed by atoms with van der Waals surface area (Å²) in [5.74, 6) is 6.76. The molecule has 1 saturated carbocycles. The Morgan fingerprint density at radius 1 is 1.06 bits per heavy atom. The average Bonchev–Trinajstić information content (AvgIpc) is 3.22. The molecular weight excluding hydrogens is 479 g/mol. The molecule has 4 aliphatic heterocycles. The first-order valence-electron chi connectivity index (χ1n) is 13.0. The van der Waals surface area contributed by atoms with Gasteiger partial charge in [0.15, 0.2) is 18.2 Å². The molecule has 1 aliphatic carbocycles. The standard InChI is InChI=1S/C29H33FO5S/c1-18-7-13-24-19(2)26(32-27-29(24)23(18)15-16-28(3,33-27)34-35-29)31-17-5-4-6-22-12-14-25(36-22)20-8-10-21(30)11-9-20/h8-12,14,18-19,23-24,26-27H,5,7,13,15-17H2,1-3H3/t18-,19-,23+,24+,26+,27-,28-,29-/m1/s1. The second-order valence-electron chi connectivity index (χ2n) is 10.9. The molecule has 2 bridgehead atoms. The number of ether oxygens (including phenoxy) is 3. The Morgan fingerprint density at radius 2 is 1.89 bits per heavy atom. The quantitative estimate of drug-likeness (QED) is 0.265. The Kier molecular flexibility index (Phi) is 6.48. The molecule has 0 amide bonds. The zero-order chi connectivity index (χ0) is 24.9. The van der Waals surface area contributed by atoms with E-state index < -0.39 is 17.7 Å². The van der Waals surface area contributed by atoms with Crippen molar-refractivity contribution in [2.24, 2.45) is 23.7 Å². The average molecular weight is 513 g/mol. The van der Waals surface area contributed by atoms with Gasteiger partial charge in [0.25, 0.3) is 0 Å². The molecule has 2 aromatic rings. The van der Waals surface area contributed by atoms with E-state index in [2.05, 4.69) is 25.7 Å². The summed E-state index contributed by atoms with van der Waals surface area (Å²) < 4.78 is 32.3. The topological polar surface area (TPSA) is 46.2 Å². The highest BCUT2D eigenvalue weighted by Crippen LogP contribution is 2.60. The summed E-state index contributed by atoms with van der Waals surface area (Å²) in [7, 11) is 0. The molecule has 5 nitrogen and oxygen atoms in total. The SMILES string of the molecule is C[C@H]1[C@@H](OCCC#Cc2ccc(-c3ccc(F)cc3)s2)O[C@@H]2O[C@@]3(C)CC[C@H]4[C@H](C)CC[C@@H]1[C@@]24OO3. The molecule has 7 rings (SSSR count). The molecule has 8 atom stereocenters. The maximum Gasteiger partial charge on any atom is 0.201 e. The summed E-state index contributed by atoms with van der Waals surface area (Å²) in [5.41, 5.74) is 0.435. The number of hydrogen-bond donors (Lipinski definition) is 0. The van der Waals surface area contributed by atoms with Crippen LogP contribution < -0.4 is 0 Å². The summed E-state index contributed by atoms with van der Waals surface area (Å²) in [4.78, 5) is 14.1. The van der Waals surface area contributed by atoms with Crippen molar-refractivity contribution in [3.05, 3.63) is 47.1 Å². The van der Waals surface area contributed by atoms with Crippen LogP contribution in [-0.2, 0) is 24.0 Å². The molecule has 1 aromatic carbocycles. The molecule has 1 aromatic heterocycles. The van der Waals surface area contributed by atoms with Crippen molar-refractivity contribution < 1.29 is 28.4 Å². The van der Waals surface area contributed by atoms with Crippen molar-refractivity contribution in [1.82, 2.24) is 0 Å². The second kappa shape index (κ2) is 9.50. The van der Waals surface area contributed by atoms with E-state index in [0.29, 0.717) is 24.9 Å². The largest absolute Gasteiger partial charge is 0.351 e. The monoisotopic (exact) mass is 512 g/mol. The van der Waals surface area contributed by atoms with Crippen LogP contribution in [0.1, 0.15) is 57.8 Å². The van der Waals surface area contributed by atoms with E-state index in [1.54, 1.807) is 23.5 Å². The first-order chi connectivity index (χ1) is 17.4. The third-order valence-corrected chi connectivity index (χ3v) is 9.60. The molecule has 7 heteroatoms. The smallest absolute Gasteiger partial charge is 0.201 e. The summed E-state index contributed by atoms with van der Waals surface area (Å²) in [6, 6.07) is 10.6. The van der Waals surface area contributed by atoms with Gasteiger partial charge in [0.1, 0.15) is 5.82 Å². The number of thiophene rings is 1. The van der Waals surface area contributed by atoms with E-state index in [-0.39, 0.29) is 23.9 Å². The van der Waals surface area contributed by atoms with E-state index in [1.807, 2.05) is 19.1 Å². The molecule has 192 valence electrons. The minimum atomic E-state index is -0.776. The van der Waals surface area contributed by atoms with E-state index in [9.17, 15) is 4.39 Å². The highest BCUT2D eigenvalue weighted by atomic mass is 32.1. The summed E-state index contributed by atoms with van der Waals surface area (Å²) in [6.07, 6.45) is 3.81. The lowest BCUT2D eigenvalue weighted by Crippen LogP contribution is -2.70. The lowest BCUT2D eigenvalue weighted by molar-refractivity contribution is -0.577. The second-order valence-corrected chi connectivity index (χ2v) is 12.0. The van der Waals surface area contributed by atoms with Gasteiger partial charge < -0.3 is 14.2 Å². The molecule has 4 saturated heterocycles. The van der Waals surface area contributed by atoms with Gasteiger partial charge in [-0.1, -0.05) is 37.8 Å². The minimum absolute atomic E-state index is 0.162. The number of rotatable bonds is 4. The Morgan fingerprint density at radius 3 is 2.72 bits per heavy atom. The lowest BCUT2D eigenvalue weighted by atomic mass is 9.58. The molecule has 0 radical (unpaired) electrons. The number of benzene rings is 1. The first kappa shape index (κ1) is 24.5.